The molecule has 0 fully saturated rings. The van der Waals surface area contributed by atoms with E-state index in [9.17, 15) is 0 Å². The monoisotopic (exact) mass is 325 g/mol. The molecular weight excluding hydrogens is 318 g/mol. The van der Waals surface area contributed by atoms with Gasteiger partial charge in [-0.3, -0.25) is 0 Å². The van der Waals surface area contributed by atoms with Crippen LogP contribution in [0.3, 0.4) is 0 Å². The van der Waals surface area contributed by atoms with Gasteiger partial charge in [0.25, 0.3) is 0 Å². The highest BCUT2D eigenvalue weighted by Gasteiger charge is 2.22. The Morgan fingerprint density at radius 1 is 1.13 bits per heavy atom. The van der Waals surface area contributed by atoms with Crippen LogP contribution in [-0.2, 0) is 13.5 Å². The van der Waals surface area contributed by atoms with Crippen LogP contribution in [0.4, 0.5) is 0 Å². The van der Waals surface area contributed by atoms with Crippen LogP contribution in [-0.4, -0.2) is 4.57 Å². The molecule has 1 aromatic heterocycles. The Morgan fingerprint density at radius 3 is 2.73 bits per heavy atom. The standard InChI is InChI=1S/C12H9Br2N/c1-15-11(14)6-8-4-7-5-9(13)2-3-10(7)12(8)15/h2-3,5-6H,4H2,1H3. The zero-order valence-electron chi connectivity index (χ0n) is 8.22. The van der Waals surface area contributed by atoms with Crippen molar-refractivity contribution in [1.29, 1.82) is 0 Å². The average molecular weight is 327 g/mol. The maximum Gasteiger partial charge on any atom is 0.0851 e. The fourth-order valence-corrected chi connectivity index (χ4v) is 3.13. The van der Waals surface area contributed by atoms with Gasteiger partial charge in [0.1, 0.15) is 0 Å². The van der Waals surface area contributed by atoms with Gasteiger partial charge in [-0.25, -0.2) is 0 Å². The molecule has 1 nitrogen and oxygen atoms in total. The summed E-state index contributed by atoms with van der Waals surface area (Å²) in [6, 6.07) is 8.72. The Labute approximate surface area is 105 Å². The lowest BCUT2D eigenvalue weighted by Crippen LogP contribution is -1.91. The van der Waals surface area contributed by atoms with Crippen molar-refractivity contribution >= 4 is 31.9 Å². The zero-order chi connectivity index (χ0) is 10.6. The van der Waals surface area contributed by atoms with Gasteiger partial charge in [0.2, 0.25) is 0 Å². The van der Waals surface area contributed by atoms with Gasteiger partial charge in [-0.1, -0.05) is 22.0 Å². The summed E-state index contributed by atoms with van der Waals surface area (Å²) in [6.07, 6.45) is 1.05. The molecule has 76 valence electrons. The van der Waals surface area contributed by atoms with E-state index in [1.165, 1.54) is 22.4 Å². The topological polar surface area (TPSA) is 4.93 Å². The van der Waals surface area contributed by atoms with E-state index in [0.29, 0.717) is 0 Å². The quantitative estimate of drug-likeness (QED) is 0.585. The number of fused-ring (bicyclic) bond motifs is 3. The number of halogens is 2. The second kappa shape index (κ2) is 3.22. The molecule has 3 heteroatoms. The van der Waals surface area contributed by atoms with Crippen molar-refractivity contribution in [3.63, 3.8) is 0 Å². The van der Waals surface area contributed by atoms with Gasteiger partial charge >= 0.3 is 0 Å². The van der Waals surface area contributed by atoms with Crippen LogP contribution in [0.2, 0.25) is 0 Å². The Hall–Kier alpha value is -0.540. The average Bonchev–Trinajstić information content (AvgIpc) is 2.64. The van der Waals surface area contributed by atoms with Crippen molar-refractivity contribution in [1.82, 2.24) is 4.57 Å². The van der Waals surface area contributed by atoms with E-state index in [1.54, 1.807) is 0 Å². The number of benzene rings is 1. The molecule has 0 saturated carbocycles. The predicted octanol–water partition coefficient (Wildman–Crippen LogP) is 4.12. The number of aromatic nitrogens is 1. The molecule has 2 aromatic rings. The highest BCUT2D eigenvalue weighted by Crippen LogP contribution is 2.40. The molecule has 0 saturated heterocycles. The van der Waals surface area contributed by atoms with Gasteiger partial charge in [-0.2, -0.15) is 0 Å². The summed E-state index contributed by atoms with van der Waals surface area (Å²) < 4.78 is 4.52. The smallest absolute Gasteiger partial charge is 0.0851 e. The van der Waals surface area contributed by atoms with Crippen molar-refractivity contribution in [3.05, 3.63) is 44.5 Å². The van der Waals surface area contributed by atoms with Crippen molar-refractivity contribution in [2.24, 2.45) is 7.05 Å². The normalized spacial score (nSPS) is 12.7. The second-order valence-electron chi connectivity index (χ2n) is 3.88. The highest BCUT2D eigenvalue weighted by molar-refractivity contribution is 9.10. The molecule has 0 amide bonds. The first kappa shape index (κ1) is 9.67. The number of nitrogens with zero attached hydrogens (tertiary/aromatic N) is 1. The van der Waals surface area contributed by atoms with Crippen molar-refractivity contribution < 1.29 is 0 Å². The molecule has 0 atom stereocenters. The van der Waals surface area contributed by atoms with E-state index in [0.717, 1.165) is 15.5 Å². The lowest BCUT2D eigenvalue weighted by Gasteiger charge is -2.04. The lowest BCUT2D eigenvalue weighted by atomic mass is 10.1. The summed E-state index contributed by atoms with van der Waals surface area (Å²) in [5, 5.41) is 0. The van der Waals surface area contributed by atoms with Crippen LogP contribution >= 0.6 is 31.9 Å². The largest absolute Gasteiger partial charge is 0.338 e. The van der Waals surface area contributed by atoms with Crippen LogP contribution in [0.25, 0.3) is 11.3 Å². The Balaban J connectivity index is 2.29. The molecule has 0 spiro atoms. The number of hydrogen-bond donors (Lipinski definition) is 0. The molecule has 1 aromatic carbocycles. The van der Waals surface area contributed by atoms with E-state index >= 15 is 0 Å². The van der Waals surface area contributed by atoms with Gasteiger partial charge in [0.05, 0.1) is 10.3 Å². The molecule has 1 aliphatic rings. The first-order valence-electron chi connectivity index (χ1n) is 4.79. The van der Waals surface area contributed by atoms with Gasteiger partial charge in [0.15, 0.2) is 0 Å². The summed E-state index contributed by atoms with van der Waals surface area (Å²) in [5.41, 5.74) is 5.54. The third-order valence-electron chi connectivity index (χ3n) is 2.96. The third kappa shape index (κ3) is 1.33. The van der Waals surface area contributed by atoms with Crippen molar-refractivity contribution in [2.45, 2.75) is 6.42 Å². The van der Waals surface area contributed by atoms with Gasteiger partial charge in [0, 0.05) is 23.5 Å². The minimum Gasteiger partial charge on any atom is -0.338 e. The molecular formula is C12H9Br2N. The molecule has 1 heterocycles. The van der Waals surface area contributed by atoms with Crippen molar-refractivity contribution in [3.8, 4) is 11.3 Å². The molecule has 1 aliphatic carbocycles. The van der Waals surface area contributed by atoms with E-state index in [2.05, 4.69) is 67.7 Å². The SMILES string of the molecule is Cn1c(Br)cc2c1-c1ccc(Br)cc1C2. The Kier molecular flexibility index (Phi) is 2.08. The highest BCUT2D eigenvalue weighted by atomic mass is 79.9. The van der Waals surface area contributed by atoms with Crippen molar-refractivity contribution in [2.75, 3.05) is 0 Å². The molecule has 0 radical (unpaired) electrons. The molecule has 0 unspecified atom stereocenters. The summed E-state index contributed by atoms with van der Waals surface area (Å²) in [5.74, 6) is 0. The van der Waals surface area contributed by atoms with Gasteiger partial charge < -0.3 is 4.57 Å². The molecule has 0 aliphatic heterocycles. The first-order chi connectivity index (χ1) is 7.16. The molecule has 15 heavy (non-hydrogen) atoms. The minimum absolute atomic E-state index is 1.05. The molecule has 0 N–H and O–H groups in total. The second-order valence-corrected chi connectivity index (χ2v) is 5.61. The summed E-state index contributed by atoms with van der Waals surface area (Å²) in [6.45, 7) is 0. The van der Waals surface area contributed by atoms with E-state index in [1.807, 2.05) is 0 Å². The Bertz CT molecular complexity index is 555. The summed E-state index contributed by atoms with van der Waals surface area (Å²) in [4.78, 5) is 0. The van der Waals surface area contributed by atoms with Crippen LogP contribution in [0.5, 0.6) is 0 Å². The van der Waals surface area contributed by atoms with Crippen LogP contribution in [0.15, 0.2) is 33.3 Å². The molecule has 0 bridgehead atoms. The fourth-order valence-electron chi connectivity index (χ4n) is 2.26. The number of rotatable bonds is 0. The Morgan fingerprint density at radius 2 is 1.93 bits per heavy atom. The molecule has 3 rings (SSSR count). The zero-order valence-corrected chi connectivity index (χ0v) is 11.4. The van der Waals surface area contributed by atoms with Crippen LogP contribution < -0.4 is 0 Å². The maximum atomic E-state index is 3.56. The van der Waals surface area contributed by atoms with Crippen LogP contribution in [0, 0.1) is 0 Å². The predicted molar refractivity (Wildman–Crippen MR) is 69.1 cm³/mol. The maximum absolute atomic E-state index is 3.56. The van der Waals surface area contributed by atoms with E-state index < -0.39 is 0 Å². The first-order valence-corrected chi connectivity index (χ1v) is 6.38. The van der Waals surface area contributed by atoms with Crippen LogP contribution in [0.1, 0.15) is 11.1 Å². The van der Waals surface area contributed by atoms with Gasteiger partial charge in [-0.05, 0) is 45.3 Å². The van der Waals surface area contributed by atoms with E-state index in [-0.39, 0.29) is 0 Å². The summed E-state index contributed by atoms with van der Waals surface area (Å²) >= 11 is 7.08. The number of hydrogen-bond acceptors (Lipinski definition) is 0. The summed E-state index contributed by atoms with van der Waals surface area (Å²) in [7, 11) is 2.10. The fraction of sp³-hybridized carbons (Fsp3) is 0.167. The van der Waals surface area contributed by atoms with Gasteiger partial charge in [-0.15, -0.1) is 0 Å². The minimum atomic E-state index is 1.05. The third-order valence-corrected chi connectivity index (χ3v) is 4.21. The lowest BCUT2D eigenvalue weighted by molar-refractivity contribution is 0.911. The van der Waals surface area contributed by atoms with E-state index in [4.69, 9.17) is 0 Å².